The van der Waals surface area contributed by atoms with Crippen molar-refractivity contribution in [3.63, 3.8) is 0 Å². The van der Waals surface area contributed by atoms with E-state index in [1.165, 1.54) is 0 Å². The first kappa shape index (κ1) is 10.5. The zero-order valence-electron chi connectivity index (χ0n) is 8.86. The quantitative estimate of drug-likeness (QED) is 0.794. The highest BCUT2D eigenvalue weighted by molar-refractivity contribution is 5.81. The maximum absolute atomic E-state index is 11.4. The highest BCUT2D eigenvalue weighted by Gasteiger charge is 2.22. The third kappa shape index (κ3) is 2.99. The molecule has 2 N–H and O–H groups in total. The lowest BCUT2D eigenvalue weighted by Gasteiger charge is -2.06. The van der Waals surface area contributed by atoms with Crippen LogP contribution >= 0.6 is 0 Å². The van der Waals surface area contributed by atoms with Crippen LogP contribution in [0.3, 0.4) is 0 Å². The third-order valence-electron chi connectivity index (χ3n) is 2.41. The van der Waals surface area contributed by atoms with E-state index in [0.29, 0.717) is 11.6 Å². The molecule has 1 aliphatic carbocycles. The number of nitrogens with one attached hydrogen (secondary N) is 2. The van der Waals surface area contributed by atoms with Gasteiger partial charge in [0, 0.05) is 11.7 Å². The minimum atomic E-state index is 0.0202. The molecular formula is C12H13N3O. The Morgan fingerprint density at radius 1 is 1.38 bits per heavy atom. The van der Waals surface area contributed by atoms with Crippen LogP contribution in [0.15, 0.2) is 24.3 Å². The lowest BCUT2D eigenvalue weighted by Crippen LogP contribution is -2.31. The van der Waals surface area contributed by atoms with Crippen molar-refractivity contribution >= 4 is 11.6 Å². The van der Waals surface area contributed by atoms with Gasteiger partial charge in [0.2, 0.25) is 5.91 Å². The summed E-state index contributed by atoms with van der Waals surface area (Å²) in [4.78, 5) is 11.4. The Kier molecular flexibility index (Phi) is 3.06. The maximum Gasteiger partial charge on any atom is 0.239 e. The van der Waals surface area contributed by atoms with E-state index in [0.717, 1.165) is 18.5 Å². The van der Waals surface area contributed by atoms with E-state index in [-0.39, 0.29) is 12.5 Å². The molecule has 0 bridgehead atoms. The van der Waals surface area contributed by atoms with Crippen LogP contribution in [0.1, 0.15) is 18.4 Å². The van der Waals surface area contributed by atoms with Crippen molar-refractivity contribution < 1.29 is 4.79 Å². The summed E-state index contributed by atoms with van der Waals surface area (Å²) in [6, 6.07) is 9.48. The molecule has 0 saturated heterocycles. The zero-order chi connectivity index (χ0) is 11.4. The van der Waals surface area contributed by atoms with Gasteiger partial charge in [-0.3, -0.25) is 4.79 Å². The Hall–Kier alpha value is -2.02. The number of nitrogens with zero attached hydrogens (tertiary/aromatic N) is 1. The number of nitriles is 1. The second kappa shape index (κ2) is 4.67. The molecular weight excluding hydrogens is 202 g/mol. The molecule has 0 atom stereocenters. The molecule has 1 aromatic rings. The van der Waals surface area contributed by atoms with Crippen molar-refractivity contribution in [1.29, 1.82) is 5.26 Å². The average molecular weight is 215 g/mol. The molecule has 1 fully saturated rings. The van der Waals surface area contributed by atoms with Crippen molar-refractivity contribution in [2.45, 2.75) is 18.9 Å². The van der Waals surface area contributed by atoms with Crippen LogP contribution in [0.25, 0.3) is 0 Å². The van der Waals surface area contributed by atoms with Gasteiger partial charge in [-0.25, -0.2) is 0 Å². The van der Waals surface area contributed by atoms with Crippen LogP contribution in [0.2, 0.25) is 0 Å². The van der Waals surface area contributed by atoms with Crippen LogP contribution in [-0.4, -0.2) is 18.5 Å². The van der Waals surface area contributed by atoms with E-state index in [4.69, 9.17) is 5.26 Å². The van der Waals surface area contributed by atoms with Crippen molar-refractivity contribution in [2.75, 3.05) is 11.9 Å². The minimum absolute atomic E-state index is 0.0202. The monoisotopic (exact) mass is 215 g/mol. The van der Waals surface area contributed by atoms with Gasteiger partial charge in [-0.2, -0.15) is 5.26 Å². The highest BCUT2D eigenvalue weighted by atomic mass is 16.2. The van der Waals surface area contributed by atoms with Crippen molar-refractivity contribution in [3.8, 4) is 6.07 Å². The molecule has 0 spiro atoms. The smallest absolute Gasteiger partial charge is 0.239 e. The topological polar surface area (TPSA) is 64.9 Å². The molecule has 0 aliphatic heterocycles. The summed E-state index contributed by atoms with van der Waals surface area (Å²) in [5, 5.41) is 14.5. The number of benzene rings is 1. The molecule has 0 unspecified atom stereocenters. The summed E-state index contributed by atoms with van der Waals surface area (Å²) in [7, 11) is 0. The van der Waals surface area contributed by atoms with Crippen LogP contribution in [0.5, 0.6) is 0 Å². The molecule has 2 rings (SSSR count). The van der Waals surface area contributed by atoms with E-state index in [1.807, 2.05) is 6.07 Å². The van der Waals surface area contributed by atoms with E-state index in [9.17, 15) is 4.79 Å². The van der Waals surface area contributed by atoms with Gasteiger partial charge in [-0.1, -0.05) is 0 Å². The van der Waals surface area contributed by atoms with E-state index < -0.39 is 0 Å². The molecule has 1 saturated carbocycles. The lowest BCUT2D eigenvalue weighted by molar-refractivity contribution is -0.119. The van der Waals surface area contributed by atoms with Crippen LogP contribution in [0, 0.1) is 11.3 Å². The number of rotatable bonds is 4. The minimum Gasteiger partial charge on any atom is -0.376 e. The Morgan fingerprint density at radius 3 is 2.62 bits per heavy atom. The molecule has 4 nitrogen and oxygen atoms in total. The number of anilines is 1. The molecule has 4 heteroatoms. The van der Waals surface area contributed by atoms with E-state index in [2.05, 4.69) is 10.6 Å². The van der Waals surface area contributed by atoms with Gasteiger partial charge in [0.15, 0.2) is 0 Å². The molecule has 1 aromatic carbocycles. The van der Waals surface area contributed by atoms with Gasteiger partial charge in [0.25, 0.3) is 0 Å². The predicted octanol–water partition coefficient (Wildman–Crippen LogP) is 1.25. The summed E-state index contributed by atoms with van der Waals surface area (Å²) >= 11 is 0. The largest absolute Gasteiger partial charge is 0.376 e. The summed E-state index contributed by atoms with van der Waals surface area (Å²) in [6.07, 6.45) is 2.20. The number of carbonyl (C=O) groups is 1. The predicted molar refractivity (Wildman–Crippen MR) is 60.8 cm³/mol. The first-order valence-corrected chi connectivity index (χ1v) is 5.31. The number of hydrogen-bond donors (Lipinski definition) is 2. The Labute approximate surface area is 94.3 Å². The first-order valence-electron chi connectivity index (χ1n) is 5.31. The second-order valence-electron chi connectivity index (χ2n) is 3.88. The Bertz CT molecular complexity index is 415. The summed E-state index contributed by atoms with van der Waals surface area (Å²) in [5.41, 5.74) is 1.47. The summed E-state index contributed by atoms with van der Waals surface area (Å²) in [5.74, 6) is 0.0202. The normalized spacial score (nSPS) is 13.9. The first-order chi connectivity index (χ1) is 7.78. The Morgan fingerprint density at radius 2 is 2.06 bits per heavy atom. The van der Waals surface area contributed by atoms with Gasteiger partial charge in [0.1, 0.15) is 0 Å². The van der Waals surface area contributed by atoms with Crippen molar-refractivity contribution in [2.24, 2.45) is 0 Å². The van der Waals surface area contributed by atoms with Crippen molar-refractivity contribution in [1.82, 2.24) is 5.32 Å². The van der Waals surface area contributed by atoms with Gasteiger partial charge in [-0.05, 0) is 37.1 Å². The molecule has 1 amide bonds. The second-order valence-corrected chi connectivity index (χ2v) is 3.88. The van der Waals surface area contributed by atoms with Crippen LogP contribution < -0.4 is 10.6 Å². The van der Waals surface area contributed by atoms with Crippen LogP contribution in [0.4, 0.5) is 5.69 Å². The molecule has 16 heavy (non-hydrogen) atoms. The van der Waals surface area contributed by atoms with Gasteiger partial charge in [-0.15, -0.1) is 0 Å². The zero-order valence-corrected chi connectivity index (χ0v) is 8.86. The Balaban J connectivity index is 1.79. The van der Waals surface area contributed by atoms with Crippen LogP contribution in [-0.2, 0) is 4.79 Å². The van der Waals surface area contributed by atoms with Gasteiger partial charge >= 0.3 is 0 Å². The maximum atomic E-state index is 11.4. The number of amides is 1. The highest BCUT2D eigenvalue weighted by Crippen LogP contribution is 2.18. The molecule has 0 heterocycles. The van der Waals surface area contributed by atoms with Gasteiger partial charge in [0.05, 0.1) is 18.2 Å². The summed E-state index contributed by atoms with van der Waals surface area (Å²) in [6.45, 7) is 0.280. The van der Waals surface area contributed by atoms with E-state index in [1.54, 1.807) is 24.3 Å². The molecule has 1 aliphatic rings. The molecule has 0 radical (unpaired) electrons. The SMILES string of the molecule is N#Cc1ccc(NCC(=O)NC2CC2)cc1. The third-order valence-corrected chi connectivity index (χ3v) is 2.41. The average Bonchev–Trinajstić information content (AvgIpc) is 3.11. The molecule has 0 aromatic heterocycles. The number of hydrogen-bond acceptors (Lipinski definition) is 3. The fraction of sp³-hybridized carbons (Fsp3) is 0.333. The summed E-state index contributed by atoms with van der Waals surface area (Å²) < 4.78 is 0. The molecule has 82 valence electrons. The fourth-order valence-corrected chi connectivity index (χ4v) is 1.35. The fourth-order valence-electron chi connectivity index (χ4n) is 1.35. The van der Waals surface area contributed by atoms with E-state index >= 15 is 0 Å². The number of carbonyl (C=O) groups excluding carboxylic acids is 1. The lowest BCUT2D eigenvalue weighted by atomic mass is 10.2. The van der Waals surface area contributed by atoms with Crippen molar-refractivity contribution in [3.05, 3.63) is 29.8 Å². The standard InChI is InChI=1S/C12H13N3O/c13-7-9-1-3-10(4-2-9)14-8-12(16)15-11-5-6-11/h1-4,11,14H,5-6,8H2,(H,15,16). The van der Waals surface area contributed by atoms with Gasteiger partial charge < -0.3 is 10.6 Å².